The van der Waals surface area contributed by atoms with Gasteiger partial charge in [0.1, 0.15) is 5.82 Å². The SMILES string of the molecule is C=CCCC1CCC(CCc2ccc3c(F)c(CCc4ccc(Cl)cc4)ccc3c2)CC1. The lowest BCUT2D eigenvalue weighted by atomic mass is 9.78. The van der Waals surface area contributed by atoms with Crippen molar-refractivity contribution in [1.29, 1.82) is 0 Å². The molecule has 0 bridgehead atoms. The molecule has 0 nitrogen and oxygen atoms in total. The van der Waals surface area contributed by atoms with Gasteiger partial charge in [-0.15, -0.1) is 6.58 Å². The molecule has 0 atom stereocenters. The molecule has 32 heavy (non-hydrogen) atoms. The molecule has 0 heterocycles. The number of hydrogen-bond acceptors (Lipinski definition) is 0. The second kappa shape index (κ2) is 11.1. The minimum Gasteiger partial charge on any atom is -0.206 e. The van der Waals surface area contributed by atoms with Crippen molar-refractivity contribution in [2.75, 3.05) is 0 Å². The summed E-state index contributed by atoms with van der Waals surface area (Å²) in [5.41, 5.74) is 3.30. The second-order valence-corrected chi connectivity index (χ2v) is 9.95. The first-order valence-electron chi connectivity index (χ1n) is 12.2. The van der Waals surface area contributed by atoms with E-state index in [2.05, 4.69) is 30.9 Å². The molecule has 1 aliphatic rings. The zero-order valence-electron chi connectivity index (χ0n) is 19.0. The van der Waals surface area contributed by atoms with E-state index in [4.69, 9.17) is 11.6 Å². The molecule has 0 amide bonds. The molecule has 0 N–H and O–H groups in total. The molecule has 0 saturated heterocycles. The normalized spacial score (nSPS) is 18.7. The summed E-state index contributed by atoms with van der Waals surface area (Å²) in [4.78, 5) is 0. The highest BCUT2D eigenvalue weighted by atomic mass is 35.5. The Bertz CT molecular complexity index is 1030. The molecule has 1 saturated carbocycles. The van der Waals surface area contributed by atoms with E-state index in [1.165, 1.54) is 49.7 Å². The summed E-state index contributed by atoms with van der Waals surface area (Å²) in [7, 11) is 0. The van der Waals surface area contributed by atoms with Gasteiger partial charge in [0.05, 0.1) is 0 Å². The molecule has 3 aromatic rings. The second-order valence-electron chi connectivity index (χ2n) is 9.51. The van der Waals surface area contributed by atoms with Gasteiger partial charge in [0.2, 0.25) is 0 Å². The number of rotatable bonds is 9. The first-order valence-corrected chi connectivity index (χ1v) is 12.6. The van der Waals surface area contributed by atoms with E-state index < -0.39 is 0 Å². The van der Waals surface area contributed by atoms with Crippen molar-refractivity contribution in [3.8, 4) is 0 Å². The van der Waals surface area contributed by atoms with Crippen molar-refractivity contribution < 1.29 is 4.39 Å². The Balaban J connectivity index is 1.33. The average Bonchev–Trinajstić information content (AvgIpc) is 2.82. The summed E-state index contributed by atoms with van der Waals surface area (Å²) < 4.78 is 15.1. The number of hydrogen-bond donors (Lipinski definition) is 0. The van der Waals surface area contributed by atoms with Crippen molar-refractivity contribution in [3.63, 3.8) is 0 Å². The fourth-order valence-corrected chi connectivity index (χ4v) is 5.32. The van der Waals surface area contributed by atoms with Gasteiger partial charge in [0, 0.05) is 10.4 Å². The van der Waals surface area contributed by atoms with Gasteiger partial charge in [-0.1, -0.05) is 85.8 Å². The molecular formula is C30H34ClF. The minimum atomic E-state index is -0.0686. The molecule has 4 rings (SSSR count). The van der Waals surface area contributed by atoms with E-state index in [0.717, 1.165) is 52.5 Å². The van der Waals surface area contributed by atoms with Gasteiger partial charge >= 0.3 is 0 Å². The summed E-state index contributed by atoms with van der Waals surface area (Å²) in [5.74, 6) is 1.68. The van der Waals surface area contributed by atoms with Crippen LogP contribution in [0.4, 0.5) is 4.39 Å². The summed E-state index contributed by atoms with van der Waals surface area (Å²) in [6, 6.07) is 18.2. The topological polar surface area (TPSA) is 0 Å². The minimum absolute atomic E-state index is 0.0686. The van der Waals surface area contributed by atoms with Gasteiger partial charge in [-0.3, -0.25) is 0 Å². The molecule has 0 aliphatic heterocycles. The highest BCUT2D eigenvalue weighted by molar-refractivity contribution is 6.30. The molecular weight excluding hydrogens is 415 g/mol. The molecule has 1 aliphatic carbocycles. The molecule has 0 spiro atoms. The maximum Gasteiger partial charge on any atom is 0.134 e. The van der Waals surface area contributed by atoms with Gasteiger partial charge < -0.3 is 0 Å². The van der Waals surface area contributed by atoms with E-state index in [9.17, 15) is 0 Å². The van der Waals surface area contributed by atoms with Gasteiger partial charge in [-0.05, 0) is 84.6 Å². The maximum absolute atomic E-state index is 15.1. The quantitative estimate of drug-likeness (QED) is 0.286. The third-order valence-corrected chi connectivity index (χ3v) is 7.53. The van der Waals surface area contributed by atoms with Gasteiger partial charge in [0.15, 0.2) is 0 Å². The Hall–Kier alpha value is -2.12. The molecule has 3 aromatic carbocycles. The maximum atomic E-state index is 15.1. The van der Waals surface area contributed by atoms with Crippen LogP contribution in [0.25, 0.3) is 10.8 Å². The van der Waals surface area contributed by atoms with Crippen LogP contribution in [-0.2, 0) is 19.3 Å². The lowest BCUT2D eigenvalue weighted by Crippen LogP contribution is -2.15. The summed E-state index contributed by atoms with van der Waals surface area (Å²) in [5, 5.41) is 2.49. The lowest BCUT2D eigenvalue weighted by molar-refractivity contribution is 0.254. The van der Waals surface area contributed by atoms with Crippen molar-refractivity contribution in [3.05, 3.63) is 94.8 Å². The molecule has 168 valence electrons. The van der Waals surface area contributed by atoms with Crippen LogP contribution in [0.15, 0.2) is 67.3 Å². The molecule has 0 unspecified atom stereocenters. The zero-order valence-corrected chi connectivity index (χ0v) is 19.7. The van der Waals surface area contributed by atoms with Crippen LogP contribution in [-0.4, -0.2) is 0 Å². The standard InChI is InChI=1S/C30H34ClF/c1-2-3-4-22-5-7-23(8-6-22)9-10-25-14-20-29-27(21-25)17-16-26(30(29)32)15-11-24-12-18-28(31)19-13-24/h2,12-14,16-23H,1,3-11,15H2. The van der Waals surface area contributed by atoms with Crippen LogP contribution in [0, 0.1) is 17.7 Å². The van der Waals surface area contributed by atoms with Crippen LogP contribution in [0.1, 0.15) is 61.6 Å². The third kappa shape index (κ3) is 6.01. The monoisotopic (exact) mass is 448 g/mol. The highest BCUT2D eigenvalue weighted by Crippen LogP contribution is 2.34. The van der Waals surface area contributed by atoms with Crippen LogP contribution >= 0.6 is 11.6 Å². The summed E-state index contributed by atoms with van der Waals surface area (Å²) in [6.45, 7) is 3.85. The molecule has 0 radical (unpaired) electrons. The average molecular weight is 449 g/mol. The van der Waals surface area contributed by atoms with Gasteiger partial charge in [-0.2, -0.15) is 0 Å². The van der Waals surface area contributed by atoms with Gasteiger partial charge in [0.25, 0.3) is 0 Å². The number of aryl methyl sites for hydroxylation is 3. The van der Waals surface area contributed by atoms with Gasteiger partial charge in [-0.25, -0.2) is 4.39 Å². The number of fused-ring (bicyclic) bond motifs is 1. The predicted octanol–water partition coefficient (Wildman–Crippen LogP) is 9.12. The Morgan fingerprint density at radius 3 is 2.22 bits per heavy atom. The lowest BCUT2D eigenvalue weighted by Gasteiger charge is -2.28. The first kappa shape index (κ1) is 23.1. The molecule has 0 aromatic heterocycles. The largest absolute Gasteiger partial charge is 0.206 e. The Kier molecular flexibility index (Phi) is 8.03. The number of halogens is 2. The van der Waals surface area contributed by atoms with Crippen molar-refractivity contribution in [2.45, 2.75) is 64.2 Å². The van der Waals surface area contributed by atoms with Crippen LogP contribution in [0.2, 0.25) is 5.02 Å². The van der Waals surface area contributed by atoms with Crippen LogP contribution in [0.3, 0.4) is 0 Å². The Labute approximate surface area is 197 Å². The van der Waals surface area contributed by atoms with Crippen molar-refractivity contribution in [2.24, 2.45) is 11.8 Å². The molecule has 2 heteroatoms. The van der Waals surface area contributed by atoms with E-state index in [-0.39, 0.29) is 5.82 Å². The van der Waals surface area contributed by atoms with E-state index in [1.54, 1.807) is 0 Å². The van der Waals surface area contributed by atoms with Crippen molar-refractivity contribution in [1.82, 2.24) is 0 Å². The fourth-order valence-electron chi connectivity index (χ4n) is 5.20. The van der Waals surface area contributed by atoms with Crippen LogP contribution < -0.4 is 0 Å². The first-order chi connectivity index (χ1) is 15.6. The summed E-state index contributed by atoms with van der Waals surface area (Å²) in [6.07, 6.45) is 13.9. The Morgan fingerprint density at radius 2 is 1.50 bits per heavy atom. The zero-order chi connectivity index (χ0) is 22.3. The van der Waals surface area contributed by atoms with Crippen LogP contribution in [0.5, 0.6) is 0 Å². The Morgan fingerprint density at radius 1 is 0.812 bits per heavy atom. The van der Waals surface area contributed by atoms with E-state index >= 15 is 4.39 Å². The number of allylic oxidation sites excluding steroid dienone is 1. The smallest absolute Gasteiger partial charge is 0.134 e. The van der Waals surface area contributed by atoms with E-state index in [0.29, 0.717) is 6.42 Å². The predicted molar refractivity (Wildman–Crippen MR) is 136 cm³/mol. The van der Waals surface area contributed by atoms with E-state index in [1.807, 2.05) is 36.4 Å². The highest BCUT2D eigenvalue weighted by Gasteiger charge is 2.20. The summed E-state index contributed by atoms with van der Waals surface area (Å²) >= 11 is 5.96. The fraction of sp³-hybridized carbons (Fsp3) is 0.400. The van der Waals surface area contributed by atoms with Crippen molar-refractivity contribution >= 4 is 22.4 Å². The number of benzene rings is 3. The third-order valence-electron chi connectivity index (χ3n) is 7.28. The molecule has 1 fully saturated rings.